The second-order valence-electron chi connectivity index (χ2n) is 8.41. The molecule has 2 aromatic carbocycles. The molecule has 1 aliphatic heterocycles. The Balaban J connectivity index is 1.72. The van der Waals surface area contributed by atoms with Crippen molar-refractivity contribution in [2.24, 2.45) is 5.92 Å². The van der Waals surface area contributed by atoms with Gasteiger partial charge < -0.3 is 18.8 Å². The zero-order chi connectivity index (χ0) is 22.0. The van der Waals surface area contributed by atoms with Crippen LogP contribution < -0.4 is 0 Å². The van der Waals surface area contributed by atoms with Gasteiger partial charge >= 0.3 is 5.97 Å². The van der Waals surface area contributed by atoms with Crippen LogP contribution in [0.25, 0.3) is 22.0 Å². The Morgan fingerprint density at radius 3 is 2.71 bits per heavy atom. The van der Waals surface area contributed by atoms with Crippen molar-refractivity contribution in [3.8, 4) is 17.2 Å². The van der Waals surface area contributed by atoms with Crippen LogP contribution in [0, 0.1) is 17.2 Å². The van der Waals surface area contributed by atoms with Gasteiger partial charge in [-0.25, -0.2) is 0 Å². The van der Waals surface area contributed by atoms with Gasteiger partial charge in [-0.2, -0.15) is 5.26 Å². The summed E-state index contributed by atoms with van der Waals surface area (Å²) >= 11 is 0. The van der Waals surface area contributed by atoms with Crippen molar-refractivity contribution in [1.82, 2.24) is 4.57 Å². The van der Waals surface area contributed by atoms with Crippen LogP contribution in [0.15, 0.2) is 48.7 Å². The maximum atomic E-state index is 11.2. The highest BCUT2D eigenvalue weighted by Gasteiger charge is 2.28. The standard InChI is InChI=1S/C25H26N2O4/c1-17(28)29-14-19-7-8-22-23(21-6-4-5-18(9-21)11-26)13-27(24(22)10-19)12-20-15-30-25(2,3)31-16-20/h4-10,13,20H,12,14-16H2,1-3H3. The molecular weight excluding hydrogens is 392 g/mol. The molecule has 0 saturated carbocycles. The first kappa shape index (κ1) is 21.1. The summed E-state index contributed by atoms with van der Waals surface area (Å²) in [7, 11) is 0. The van der Waals surface area contributed by atoms with E-state index in [1.165, 1.54) is 6.92 Å². The van der Waals surface area contributed by atoms with Crippen LogP contribution in [-0.4, -0.2) is 29.5 Å². The van der Waals surface area contributed by atoms with Crippen molar-refractivity contribution in [1.29, 1.82) is 5.26 Å². The smallest absolute Gasteiger partial charge is 0.302 e. The van der Waals surface area contributed by atoms with Gasteiger partial charge in [0.2, 0.25) is 0 Å². The molecule has 1 fully saturated rings. The average molecular weight is 418 g/mol. The number of rotatable bonds is 5. The fourth-order valence-corrected chi connectivity index (χ4v) is 3.86. The molecule has 6 nitrogen and oxygen atoms in total. The van der Waals surface area contributed by atoms with Crippen LogP contribution in [0.2, 0.25) is 0 Å². The Morgan fingerprint density at radius 2 is 2.00 bits per heavy atom. The summed E-state index contributed by atoms with van der Waals surface area (Å²) in [6.07, 6.45) is 2.12. The van der Waals surface area contributed by atoms with Gasteiger partial charge in [-0.1, -0.05) is 24.3 Å². The number of esters is 1. The molecule has 160 valence electrons. The van der Waals surface area contributed by atoms with E-state index in [0.29, 0.717) is 18.8 Å². The molecule has 0 atom stereocenters. The lowest BCUT2D eigenvalue weighted by Gasteiger charge is -2.35. The van der Waals surface area contributed by atoms with E-state index in [1.807, 2.05) is 38.1 Å². The molecule has 0 aliphatic carbocycles. The minimum absolute atomic E-state index is 0.221. The van der Waals surface area contributed by atoms with Crippen LogP contribution in [0.1, 0.15) is 31.9 Å². The largest absolute Gasteiger partial charge is 0.461 e. The molecule has 6 heteroatoms. The number of ether oxygens (including phenoxy) is 3. The quantitative estimate of drug-likeness (QED) is 0.564. The number of benzene rings is 2. The molecule has 0 spiro atoms. The van der Waals surface area contributed by atoms with E-state index < -0.39 is 5.79 Å². The van der Waals surface area contributed by atoms with E-state index in [1.54, 1.807) is 6.07 Å². The zero-order valence-electron chi connectivity index (χ0n) is 18.1. The predicted molar refractivity (Wildman–Crippen MR) is 117 cm³/mol. The Kier molecular flexibility index (Phi) is 5.81. The second-order valence-corrected chi connectivity index (χ2v) is 8.41. The first-order valence-corrected chi connectivity index (χ1v) is 10.4. The predicted octanol–water partition coefficient (Wildman–Crippen LogP) is 4.64. The second kappa shape index (κ2) is 8.54. The first-order chi connectivity index (χ1) is 14.8. The zero-order valence-corrected chi connectivity index (χ0v) is 18.1. The maximum absolute atomic E-state index is 11.2. The monoisotopic (exact) mass is 418 g/mol. The van der Waals surface area contributed by atoms with Crippen molar-refractivity contribution in [3.05, 3.63) is 59.8 Å². The van der Waals surface area contributed by atoms with Gasteiger partial charge in [-0.3, -0.25) is 4.79 Å². The van der Waals surface area contributed by atoms with Crippen LogP contribution in [0.4, 0.5) is 0 Å². The topological polar surface area (TPSA) is 73.5 Å². The number of nitrogens with zero attached hydrogens (tertiary/aromatic N) is 2. The fourth-order valence-electron chi connectivity index (χ4n) is 3.86. The van der Waals surface area contributed by atoms with Gasteiger partial charge in [0.1, 0.15) is 6.61 Å². The van der Waals surface area contributed by atoms with Gasteiger partial charge in [0, 0.05) is 42.0 Å². The first-order valence-electron chi connectivity index (χ1n) is 10.4. The summed E-state index contributed by atoms with van der Waals surface area (Å²) in [6.45, 7) is 7.48. The molecule has 2 heterocycles. The average Bonchev–Trinajstić information content (AvgIpc) is 3.11. The van der Waals surface area contributed by atoms with Crippen LogP contribution in [-0.2, 0) is 32.2 Å². The van der Waals surface area contributed by atoms with Crippen molar-refractivity contribution in [2.75, 3.05) is 13.2 Å². The number of carbonyl (C=O) groups is 1. The van der Waals surface area contributed by atoms with Crippen molar-refractivity contribution >= 4 is 16.9 Å². The van der Waals surface area contributed by atoms with E-state index in [9.17, 15) is 10.1 Å². The van der Waals surface area contributed by atoms with Gasteiger partial charge in [-0.05, 0) is 43.2 Å². The highest BCUT2D eigenvalue weighted by molar-refractivity contribution is 5.96. The van der Waals surface area contributed by atoms with E-state index in [0.717, 1.165) is 34.1 Å². The third-order valence-corrected chi connectivity index (χ3v) is 5.48. The molecule has 3 aromatic rings. The fraction of sp³-hybridized carbons (Fsp3) is 0.360. The van der Waals surface area contributed by atoms with E-state index in [4.69, 9.17) is 14.2 Å². The highest BCUT2D eigenvalue weighted by atomic mass is 16.7. The van der Waals surface area contributed by atoms with Gasteiger partial charge in [0.15, 0.2) is 5.79 Å². The normalized spacial score (nSPS) is 16.2. The van der Waals surface area contributed by atoms with Crippen molar-refractivity contribution in [2.45, 2.75) is 39.7 Å². The molecular formula is C25H26N2O4. The van der Waals surface area contributed by atoms with Crippen LogP contribution in [0.5, 0.6) is 0 Å². The minimum atomic E-state index is -0.546. The molecule has 0 amide bonds. The Labute approximate surface area is 181 Å². The third-order valence-electron chi connectivity index (χ3n) is 5.48. The number of nitriles is 1. The molecule has 0 bridgehead atoms. The molecule has 1 aliphatic rings. The lowest BCUT2D eigenvalue weighted by molar-refractivity contribution is -0.263. The molecule has 31 heavy (non-hydrogen) atoms. The van der Waals surface area contributed by atoms with Crippen LogP contribution >= 0.6 is 0 Å². The van der Waals surface area contributed by atoms with E-state index >= 15 is 0 Å². The molecule has 1 saturated heterocycles. The number of hydrogen-bond acceptors (Lipinski definition) is 5. The highest BCUT2D eigenvalue weighted by Crippen LogP contribution is 2.33. The number of carbonyl (C=O) groups excluding carboxylic acids is 1. The molecule has 0 radical (unpaired) electrons. The van der Waals surface area contributed by atoms with Crippen molar-refractivity contribution < 1.29 is 19.0 Å². The van der Waals surface area contributed by atoms with E-state index in [-0.39, 0.29) is 18.5 Å². The SMILES string of the molecule is CC(=O)OCc1ccc2c(-c3cccc(C#N)c3)cn(CC3COC(C)(C)OC3)c2c1. The van der Waals surface area contributed by atoms with Gasteiger partial charge in [0.05, 0.1) is 24.8 Å². The number of hydrogen-bond donors (Lipinski definition) is 0. The Bertz CT molecular complexity index is 1150. The molecule has 1 aromatic heterocycles. The molecule has 0 N–H and O–H groups in total. The third kappa shape index (κ3) is 4.79. The Morgan fingerprint density at radius 1 is 1.23 bits per heavy atom. The Hall–Kier alpha value is -3.14. The van der Waals surface area contributed by atoms with Gasteiger partial charge in [0.25, 0.3) is 0 Å². The molecule has 0 unspecified atom stereocenters. The lowest BCUT2D eigenvalue weighted by Crippen LogP contribution is -2.40. The summed E-state index contributed by atoms with van der Waals surface area (Å²) in [5, 5.41) is 10.4. The summed E-state index contributed by atoms with van der Waals surface area (Å²) in [6, 6.07) is 15.9. The van der Waals surface area contributed by atoms with Gasteiger partial charge in [-0.15, -0.1) is 0 Å². The number of fused-ring (bicyclic) bond motifs is 1. The summed E-state index contributed by atoms with van der Waals surface area (Å²) in [4.78, 5) is 11.2. The van der Waals surface area contributed by atoms with Crippen LogP contribution in [0.3, 0.4) is 0 Å². The summed E-state index contributed by atoms with van der Waals surface area (Å²) in [5.74, 6) is -0.627. The van der Waals surface area contributed by atoms with Crippen molar-refractivity contribution in [3.63, 3.8) is 0 Å². The van der Waals surface area contributed by atoms with E-state index in [2.05, 4.69) is 29.0 Å². The summed E-state index contributed by atoms with van der Waals surface area (Å²) < 4.78 is 19.1. The maximum Gasteiger partial charge on any atom is 0.302 e. The lowest BCUT2D eigenvalue weighted by atomic mass is 10.0. The minimum Gasteiger partial charge on any atom is -0.461 e. The summed E-state index contributed by atoms with van der Waals surface area (Å²) in [5.41, 5.74) is 4.65. The number of aromatic nitrogens is 1. The molecule has 4 rings (SSSR count).